The van der Waals surface area contributed by atoms with Crippen LogP contribution in [0.2, 0.25) is 0 Å². The molecule has 2 atom stereocenters. The standard InChI is InChI=1S/C17H23NS/c1-2-13-7-8-17(9-13,12-18)10-14-11-19-16-6-4-3-5-15(14)16/h3-6,11,13H,2,7-10,12,18H2,1H3. The average molecular weight is 273 g/mol. The van der Waals surface area contributed by atoms with Crippen LogP contribution in [0.5, 0.6) is 0 Å². The molecule has 0 radical (unpaired) electrons. The van der Waals surface area contributed by atoms with E-state index in [-0.39, 0.29) is 0 Å². The second kappa shape index (κ2) is 5.26. The molecule has 2 aromatic rings. The maximum Gasteiger partial charge on any atom is 0.0345 e. The third-order valence-corrected chi connectivity index (χ3v) is 5.95. The van der Waals surface area contributed by atoms with Gasteiger partial charge in [0.2, 0.25) is 0 Å². The maximum atomic E-state index is 6.15. The first kappa shape index (κ1) is 13.1. The van der Waals surface area contributed by atoms with Crippen molar-refractivity contribution in [2.45, 2.75) is 39.0 Å². The van der Waals surface area contributed by atoms with Crippen molar-refractivity contribution in [3.05, 3.63) is 35.2 Å². The van der Waals surface area contributed by atoms with Crippen LogP contribution < -0.4 is 5.73 Å². The summed E-state index contributed by atoms with van der Waals surface area (Å²) in [7, 11) is 0. The van der Waals surface area contributed by atoms with Gasteiger partial charge in [-0.05, 0) is 66.0 Å². The molecule has 1 aromatic carbocycles. The Hall–Kier alpha value is -0.860. The van der Waals surface area contributed by atoms with Gasteiger partial charge in [0.05, 0.1) is 0 Å². The Morgan fingerprint density at radius 2 is 2.21 bits per heavy atom. The van der Waals surface area contributed by atoms with Crippen molar-refractivity contribution in [3.63, 3.8) is 0 Å². The van der Waals surface area contributed by atoms with Crippen LogP contribution >= 0.6 is 11.3 Å². The van der Waals surface area contributed by atoms with Crippen LogP contribution in [0, 0.1) is 11.3 Å². The van der Waals surface area contributed by atoms with E-state index in [0.717, 1.165) is 12.5 Å². The van der Waals surface area contributed by atoms with E-state index in [9.17, 15) is 0 Å². The molecule has 3 rings (SSSR count). The molecule has 1 saturated carbocycles. The highest BCUT2D eigenvalue weighted by Crippen LogP contribution is 2.46. The average Bonchev–Trinajstić information content (AvgIpc) is 3.05. The first-order chi connectivity index (χ1) is 9.26. The van der Waals surface area contributed by atoms with Crippen LogP contribution in [0.1, 0.15) is 38.2 Å². The van der Waals surface area contributed by atoms with Gasteiger partial charge in [-0.15, -0.1) is 11.3 Å². The van der Waals surface area contributed by atoms with Gasteiger partial charge in [0.25, 0.3) is 0 Å². The van der Waals surface area contributed by atoms with Crippen LogP contribution in [0.25, 0.3) is 10.1 Å². The summed E-state index contributed by atoms with van der Waals surface area (Å²) in [5.41, 5.74) is 8.03. The summed E-state index contributed by atoms with van der Waals surface area (Å²) < 4.78 is 1.41. The highest BCUT2D eigenvalue weighted by molar-refractivity contribution is 7.17. The SMILES string of the molecule is CCC1CCC(CN)(Cc2csc3ccccc23)C1. The third-order valence-electron chi connectivity index (χ3n) is 4.94. The smallest absolute Gasteiger partial charge is 0.0345 e. The highest BCUT2D eigenvalue weighted by Gasteiger charge is 2.37. The van der Waals surface area contributed by atoms with E-state index in [1.54, 1.807) is 0 Å². The van der Waals surface area contributed by atoms with Gasteiger partial charge in [-0.1, -0.05) is 31.5 Å². The third kappa shape index (κ3) is 2.44. The summed E-state index contributed by atoms with van der Waals surface area (Å²) in [4.78, 5) is 0. The molecule has 0 amide bonds. The Balaban J connectivity index is 1.87. The van der Waals surface area contributed by atoms with Crippen LogP contribution in [0.15, 0.2) is 29.6 Å². The first-order valence-corrected chi connectivity index (χ1v) is 8.29. The minimum Gasteiger partial charge on any atom is -0.330 e. The Morgan fingerprint density at radius 1 is 1.37 bits per heavy atom. The minimum atomic E-state index is 0.366. The fourth-order valence-corrected chi connectivity index (χ4v) is 4.63. The number of hydrogen-bond donors (Lipinski definition) is 1. The molecule has 19 heavy (non-hydrogen) atoms. The van der Waals surface area contributed by atoms with Gasteiger partial charge in [0.1, 0.15) is 0 Å². The molecule has 2 heteroatoms. The highest BCUT2D eigenvalue weighted by atomic mass is 32.1. The first-order valence-electron chi connectivity index (χ1n) is 7.41. The van der Waals surface area contributed by atoms with Crippen LogP contribution in [0.4, 0.5) is 0 Å². The molecule has 1 fully saturated rings. The lowest BCUT2D eigenvalue weighted by Gasteiger charge is -2.27. The molecule has 0 saturated heterocycles. The molecule has 1 aromatic heterocycles. The Morgan fingerprint density at radius 3 is 2.95 bits per heavy atom. The van der Waals surface area contributed by atoms with Crippen LogP contribution in [-0.4, -0.2) is 6.54 Å². The van der Waals surface area contributed by atoms with Gasteiger partial charge in [-0.3, -0.25) is 0 Å². The second-order valence-corrected chi connectivity index (χ2v) is 7.07. The van der Waals surface area contributed by atoms with E-state index in [0.29, 0.717) is 5.41 Å². The Labute approximate surface area is 119 Å². The summed E-state index contributed by atoms with van der Waals surface area (Å²) in [6.45, 7) is 3.16. The van der Waals surface area contributed by atoms with E-state index in [1.165, 1.54) is 47.8 Å². The number of nitrogens with two attached hydrogens (primary N) is 1. The van der Waals surface area contributed by atoms with E-state index in [2.05, 4.69) is 36.6 Å². The van der Waals surface area contributed by atoms with Crippen molar-refractivity contribution in [2.24, 2.45) is 17.1 Å². The molecule has 0 spiro atoms. The summed E-state index contributed by atoms with van der Waals surface area (Å²) >= 11 is 1.87. The second-order valence-electron chi connectivity index (χ2n) is 6.16. The van der Waals surface area contributed by atoms with Crippen molar-refractivity contribution in [3.8, 4) is 0 Å². The number of hydrogen-bond acceptors (Lipinski definition) is 2. The fraction of sp³-hybridized carbons (Fsp3) is 0.529. The zero-order chi connectivity index (χ0) is 13.3. The van der Waals surface area contributed by atoms with Gasteiger partial charge >= 0.3 is 0 Å². The molecule has 2 N–H and O–H groups in total. The molecule has 1 nitrogen and oxygen atoms in total. The van der Waals surface area contributed by atoms with E-state index >= 15 is 0 Å². The molecule has 1 aliphatic rings. The molecule has 1 heterocycles. The van der Waals surface area contributed by atoms with Gasteiger partial charge in [0, 0.05) is 4.70 Å². The van der Waals surface area contributed by atoms with Crippen molar-refractivity contribution >= 4 is 21.4 Å². The molecule has 2 unspecified atom stereocenters. The van der Waals surface area contributed by atoms with Crippen molar-refractivity contribution in [2.75, 3.05) is 6.54 Å². The maximum absolute atomic E-state index is 6.15. The quantitative estimate of drug-likeness (QED) is 0.865. The zero-order valence-corrected chi connectivity index (χ0v) is 12.5. The van der Waals surface area contributed by atoms with Gasteiger partial charge < -0.3 is 5.73 Å². The lowest BCUT2D eigenvalue weighted by Crippen LogP contribution is -2.30. The number of fused-ring (bicyclic) bond motifs is 1. The lowest BCUT2D eigenvalue weighted by molar-refractivity contribution is 0.292. The minimum absolute atomic E-state index is 0.366. The fourth-order valence-electron chi connectivity index (χ4n) is 3.67. The predicted molar refractivity (Wildman–Crippen MR) is 84.6 cm³/mol. The number of thiophene rings is 1. The van der Waals surface area contributed by atoms with Crippen LogP contribution in [-0.2, 0) is 6.42 Å². The van der Waals surface area contributed by atoms with Crippen LogP contribution in [0.3, 0.4) is 0 Å². The largest absolute Gasteiger partial charge is 0.330 e. The van der Waals surface area contributed by atoms with Crippen molar-refractivity contribution in [1.29, 1.82) is 0 Å². The summed E-state index contributed by atoms with van der Waals surface area (Å²) in [5, 5.41) is 3.79. The monoisotopic (exact) mass is 273 g/mol. The molecule has 0 aliphatic heterocycles. The topological polar surface area (TPSA) is 26.0 Å². The number of rotatable bonds is 4. The summed E-state index contributed by atoms with van der Waals surface area (Å²) in [6, 6.07) is 8.76. The summed E-state index contributed by atoms with van der Waals surface area (Å²) in [6.07, 6.45) is 6.49. The number of benzene rings is 1. The summed E-state index contributed by atoms with van der Waals surface area (Å²) in [5.74, 6) is 0.897. The van der Waals surface area contributed by atoms with E-state index in [4.69, 9.17) is 5.73 Å². The van der Waals surface area contributed by atoms with Gasteiger partial charge in [0.15, 0.2) is 0 Å². The van der Waals surface area contributed by atoms with Crippen molar-refractivity contribution in [1.82, 2.24) is 0 Å². The molecule has 102 valence electrons. The van der Waals surface area contributed by atoms with Gasteiger partial charge in [-0.25, -0.2) is 0 Å². The van der Waals surface area contributed by atoms with Crippen molar-refractivity contribution < 1.29 is 0 Å². The zero-order valence-electron chi connectivity index (χ0n) is 11.7. The van der Waals surface area contributed by atoms with Gasteiger partial charge in [-0.2, -0.15) is 0 Å². The normalized spacial score (nSPS) is 27.2. The molecular weight excluding hydrogens is 250 g/mol. The molecular formula is C17H23NS. The Kier molecular flexibility index (Phi) is 3.64. The van der Waals surface area contributed by atoms with E-state index < -0.39 is 0 Å². The lowest BCUT2D eigenvalue weighted by atomic mass is 9.79. The van der Waals surface area contributed by atoms with E-state index in [1.807, 2.05) is 11.3 Å². The molecule has 0 bridgehead atoms. The Bertz CT molecular complexity index is 559. The predicted octanol–water partition coefficient (Wildman–Crippen LogP) is 4.60. The molecule has 1 aliphatic carbocycles.